The minimum atomic E-state index is -0.199. The van der Waals surface area contributed by atoms with E-state index in [9.17, 15) is 9.59 Å². The highest BCUT2D eigenvalue weighted by atomic mass is 35.5. The van der Waals surface area contributed by atoms with Crippen LogP contribution in [0.4, 0.5) is 22.7 Å². The van der Waals surface area contributed by atoms with Crippen LogP contribution >= 0.6 is 11.6 Å². The third-order valence-corrected chi connectivity index (χ3v) is 3.97. The highest BCUT2D eigenvalue weighted by Crippen LogP contribution is 2.22. The van der Waals surface area contributed by atoms with Crippen LogP contribution in [-0.4, -0.2) is 11.8 Å². The Hall–Kier alpha value is -3.31. The maximum atomic E-state index is 12.2. The molecule has 0 saturated heterocycles. The largest absolute Gasteiger partial charge is 0.355 e. The molecule has 0 bridgehead atoms. The number of carbonyl (C=O) groups excluding carboxylic acids is 2. The first-order chi connectivity index (χ1) is 13.0. The fraction of sp³-hybridized carbons (Fsp3) is 0.0476. The number of rotatable bonds is 5. The fourth-order valence-electron chi connectivity index (χ4n) is 2.49. The van der Waals surface area contributed by atoms with Gasteiger partial charge in [-0.1, -0.05) is 17.7 Å². The lowest BCUT2D eigenvalue weighted by molar-refractivity contribution is -0.114. The van der Waals surface area contributed by atoms with Crippen LogP contribution < -0.4 is 16.0 Å². The summed E-state index contributed by atoms with van der Waals surface area (Å²) in [5.41, 5.74) is 3.65. The van der Waals surface area contributed by atoms with Crippen molar-refractivity contribution < 1.29 is 9.59 Å². The molecule has 0 atom stereocenters. The third-order valence-electron chi connectivity index (χ3n) is 3.72. The highest BCUT2D eigenvalue weighted by Gasteiger charge is 2.06. The fourth-order valence-corrected chi connectivity index (χ4v) is 2.61. The van der Waals surface area contributed by atoms with Gasteiger partial charge in [0, 0.05) is 40.3 Å². The molecule has 0 unspecified atom stereocenters. The number of amides is 2. The van der Waals surface area contributed by atoms with E-state index in [1.165, 1.54) is 6.92 Å². The molecule has 2 amide bonds. The molecule has 0 aliphatic heterocycles. The number of hydrogen-bond acceptors (Lipinski definition) is 3. The molecular formula is C21H18ClN3O2. The van der Waals surface area contributed by atoms with Crippen LogP contribution in [0.15, 0.2) is 72.8 Å². The molecule has 3 rings (SSSR count). The van der Waals surface area contributed by atoms with E-state index in [1.807, 2.05) is 48.5 Å². The molecule has 136 valence electrons. The Labute approximate surface area is 162 Å². The first-order valence-electron chi connectivity index (χ1n) is 8.31. The second-order valence-electron chi connectivity index (χ2n) is 5.93. The number of nitrogens with one attached hydrogen (secondary N) is 3. The molecule has 0 aliphatic carbocycles. The monoisotopic (exact) mass is 379 g/mol. The second kappa shape index (κ2) is 8.38. The van der Waals surface area contributed by atoms with Crippen LogP contribution in [0, 0.1) is 0 Å². The van der Waals surface area contributed by atoms with Crippen LogP contribution in [0.1, 0.15) is 17.3 Å². The second-order valence-corrected chi connectivity index (χ2v) is 6.36. The average Bonchev–Trinajstić information content (AvgIpc) is 2.63. The normalized spacial score (nSPS) is 10.1. The predicted octanol–water partition coefficient (Wildman–Crippen LogP) is 5.29. The molecule has 0 saturated carbocycles. The summed E-state index contributed by atoms with van der Waals surface area (Å²) in [5, 5.41) is 9.43. The van der Waals surface area contributed by atoms with Crippen LogP contribution in [0.25, 0.3) is 0 Å². The maximum Gasteiger partial charge on any atom is 0.255 e. The molecule has 6 heteroatoms. The van der Waals surface area contributed by atoms with Crippen molar-refractivity contribution in [3.63, 3.8) is 0 Å². The number of halogens is 1. The topological polar surface area (TPSA) is 70.2 Å². The SMILES string of the molecule is CC(=O)Nc1cccc(Nc2ccc(NC(=O)c3ccc(Cl)cc3)cc2)c1. The molecule has 0 heterocycles. The van der Waals surface area contributed by atoms with Gasteiger partial charge in [0.05, 0.1) is 0 Å². The molecule has 0 radical (unpaired) electrons. The van der Waals surface area contributed by atoms with E-state index in [2.05, 4.69) is 16.0 Å². The Morgan fingerprint density at radius 1 is 0.741 bits per heavy atom. The molecule has 0 fully saturated rings. The highest BCUT2D eigenvalue weighted by molar-refractivity contribution is 6.30. The van der Waals surface area contributed by atoms with Crippen LogP contribution in [-0.2, 0) is 4.79 Å². The van der Waals surface area contributed by atoms with Crippen molar-refractivity contribution in [1.82, 2.24) is 0 Å². The number of hydrogen-bond donors (Lipinski definition) is 3. The Balaban J connectivity index is 1.64. The van der Waals surface area contributed by atoms with E-state index < -0.39 is 0 Å². The summed E-state index contributed by atoms with van der Waals surface area (Å²) in [6.45, 7) is 1.47. The van der Waals surface area contributed by atoms with E-state index in [4.69, 9.17) is 11.6 Å². The molecule has 5 nitrogen and oxygen atoms in total. The predicted molar refractivity (Wildman–Crippen MR) is 110 cm³/mol. The Morgan fingerprint density at radius 3 is 2.04 bits per heavy atom. The summed E-state index contributed by atoms with van der Waals surface area (Å²) in [6, 6.07) is 21.5. The van der Waals surface area contributed by atoms with Crippen LogP contribution in [0.2, 0.25) is 5.02 Å². The molecular weight excluding hydrogens is 362 g/mol. The van der Waals surface area contributed by atoms with Gasteiger partial charge >= 0.3 is 0 Å². The van der Waals surface area contributed by atoms with Crippen molar-refractivity contribution >= 4 is 46.2 Å². The van der Waals surface area contributed by atoms with Crippen LogP contribution in [0.5, 0.6) is 0 Å². The number of carbonyl (C=O) groups is 2. The van der Waals surface area contributed by atoms with Gasteiger partial charge in [-0.15, -0.1) is 0 Å². The minimum absolute atomic E-state index is 0.118. The summed E-state index contributed by atoms with van der Waals surface area (Å²) in [6.07, 6.45) is 0. The Kier molecular flexibility index (Phi) is 5.74. The van der Waals surface area contributed by atoms with Crippen molar-refractivity contribution in [3.8, 4) is 0 Å². The summed E-state index contributed by atoms with van der Waals surface area (Å²) in [4.78, 5) is 23.4. The van der Waals surface area contributed by atoms with Gasteiger partial charge in [-0.05, 0) is 66.7 Å². The lowest BCUT2D eigenvalue weighted by atomic mass is 10.2. The van der Waals surface area contributed by atoms with Gasteiger partial charge in [-0.3, -0.25) is 9.59 Å². The lowest BCUT2D eigenvalue weighted by Gasteiger charge is -2.10. The molecule has 3 N–H and O–H groups in total. The maximum absolute atomic E-state index is 12.2. The zero-order chi connectivity index (χ0) is 19.2. The van der Waals surface area contributed by atoms with Gasteiger partial charge in [-0.25, -0.2) is 0 Å². The van der Waals surface area contributed by atoms with Gasteiger partial charge in [0.2, 0.25) is 5.91 Å². The first kappa shape index (κ1) is 18.5. The standard InChI is InChI=1S/C21H18ClN3O2/c1-14(26)23-19-3-2-4-20(13-19)24-17-9-11-18(12-10-17)25-21(27)15-5-7-16(22)8-6-15/h2-13,24H,1H3,(H,23,26)(H,25,27). The van der Waals surface area contributed by atoms with E-state index in [-0.39, 0.29) is 11.8 Å². The molecule has 0 spiro atoms. The third kappa shape index (κ3) is 5.33. The van der Waals surface area contributed by atoms with E-state index in [1.54, 1.807) is 24.3 Å². The van der Waals surface area contributed by atoms with E-state index in [0.717, 1.165) is 17.1 Å². The lowest BCUT2D eigenvalue weighted by Crippen LogP contribution is -2.11. The smallest absolute Gasteiger partial charge is 0.255 e. The molecule has 0 aliphatic rings. The number of anilines is 4. The zero-order valence-corrected chi connectivity index (χ0v) is 15.4. The van der Waals surface area contributed by atoms with E-state index >= 15 is 0 Å². The Morgan fingerprint density at radius 2 is 1.37 bits per heavy atom. The molecule has 27 heavy (non-hydrogen) atoms. The van der Waals surface area contributed by atoms with E-state index in [0.29, 0.717) is 16.3 Å². The zero-order valence-electron chi connectivity index (χ0n) is 14.6. The quantitative estimate of drug-likeness (QED) is 0.563. The van der Waals surface area contributed by atoms with Gasteiger partial charge in [-0.2, -0.15) is 0 Å². The summed E-state index contributed by atoms with van der Waals surface area (Å²) < 4.78 is 0. The van der Waals surface area contributed by atoms with Gasteiger partial charge in [0.15, 0.2) is 0 Å². The summed E-state index contributed by atoms with van der Waals surface area (Å²) in [7, 11) is 0. The van der Waals surface area contributed by atoms with Crippen molar-refractivity contribution in [3.05, 3.63) is 83.4 Å². The minimum Gasteiger partial charge on any atom is -0.355 e. The molecule has 0 aromatic heterocycles. The van der Waals surface area contributed by atoms with Crippen molar-refractivity contribution in [2.45, 2.75) is 6.92 Å². The number of benzene rings is 3. The van der Waals surface area contributed by atoms with Gasteiger partial charge in [0.1, 0.15) is 0 Å². The Bertz CT molecular complexity index is 954. The molecule has 3 aromatic carbocycles. The van der Waals surface area contributed by atoms with Gasteiger partial charge < -0.3 is 16.0 Å². The van der Waals surface area contributed by atoms with Crippen molar-refractivity contribution in [2.75, 3.05) is 16.0 Å². The van der Waals surface area contributed by atoms with Gasteiger partial charge in [0.25, 0.3) is 5.91 Å². The van der Waals surface area contributed by atoms with Crippen molar-refractivity contribution in [2.24, 2.45) is 0 Å². The summed E-state index contributed by atoms with van der Waals surface area (Å²) >= 11 is 5.84. The molecule has 3 aromatic rings. The average molecular weight is 380 g/mol. The summed E-state index contributed by atoms with van der Waals surface area (Å²) in [5.74, 6) is -0.316. The van der Waals surface area contributed by atoms with Crippen LogP contribution in [0.3, 0.4) is 0 Å². The first-order valence-corrected chi connectivity index (χ1v) is 8.69. The van der Waals surface area contributed by atoms with Crippen molar-refractivity contribution in [1.29, 1.82) is 0 Å².